The summed E-state index contributed by atoms with van der Waals surface area (Å²) in [5, 5.41) is 3.75. The Bertz CT molecular complexity index is 914. The lowest BCUT2D eigenvalue weighted by Crippen LogP contribution is -2.19. The standard InChI is InChI=1S/C21H23N3O/c1-14-11-20(16-6-8-17(9-7-16)24(3)4)23-19-10-5-15(12-18(14)19)13-21(25)22-2/h5-12H,13H2,1-4H3,(H,22,25). The molecule has 1 aromatic heterocycles. The molecular formula is C21H23N3O. The van der Waals surface area contributed by atoms with E-state index in [0.717, 1.165) is 33.3 Å². The monoisotopic (exact) mass is 333 g/mol. The van der Waals surface area contributed by atoms with E-state index in [-0.39, 0.29) is 5.91 Å². The highest BCUT2D eigenvalue weighted by Crippen LogP contribution is 2.26. The van der Waals surface area contributed by atoms with Crippen LogP contribution in [0.3, 0.4) is 0 Å². The van der Waals surface area contributed by atoms with E-state index in [4.69, 9.17) is 4.98 Å². The van der Waals surface area contributed by atoms with Crippen LogP contribution in [-0.2, 0) is 11.2 Å². The molecule has 25 heavy (non-hydrogen) atoms. The molecule has 0 bridgehead atoms. The summed E-state index contributed by atoms with van der Waals surface area (Å²) < 4.78 is 0. The summed E-state index contributed by atoms with van der Waals surface area (Å²) in [6.07, 6.45) is 0.389. The Balaban J connectivity index is 1.99. The lowest BCUT2D eigenvalue weighted by molar-refractivity contribution is -0.119. The maximum absolute atomic E-state index is 11.6. The summed E-state index contributed by atoms with van der Waals surface area (Å²) in [7, 11) is 5.72. The minimum atomic E-state index is 0.0163. The van der Waals surface area contributed by atoms with E-state index >= 15 is 0 Å². The Kier molecular flexibility index (Phi) is 4.70. The van der Waals surface area contributed by atoms with Gasteiger partial charge in [-0.05, 0) is 48.4 Å². The van der Waals surface area contributed by atoms with Crippen molar-refractivity contribution in [3.8, 4) is 11.3 Å². The number of benzene rings is 2. The summed E-state index contributed by atoms with van der Waals surface area (Å²) in [6.45, 7) is 2.09. The molecular weight excluding hydrogens is 310 g/mol. The molecule has 0 aliphatic rings. The van der Waals surface area contributed by atoms with Gasteiger partial charge >= 0.3 is 0 Å². The maximum atomic E-state index is 11.6. The fourth-order valence-corrected chi connectivity index (χ4v) is 2.90. The van der Waals surface area contributed by atoms with Gasteiger partial charge in [-0.2, -0.15) is 0 Å². The van der Waals surface area contributed by atoms with Gasteiger partial charge in [-0.3, -0.25) is 4.79 Å². The molecule has 0 aliphatic carbocycles. The number of pyridine rings is 1. The summed E-state index contributed by atoms with van der Waals surface area (Å²) in [4.78, 5) is 18.5. The molecule has 0 radical (unpaired) electrons. The van der Waals surface area contributed by atoms with Crippen LogP contribution in [0.4, 0.5) is 5.69 Å². The molecule has 1 heterocycles. The molecule has 2 aromatic carbocycles. The highest BCUT2D eigenvalue weighted by atomic mass is 16.1. The first-order valence-electron chi connectivity index (χ1n) is 8.36. The van der Waals surface area contributed by atoms with E-state index < -0.39 is 0 Å². The molecule has 128 valence electrons. The van der Waals surface area contributed by atoms with Crippen molar-refractivity contribution in [2.45, 2.75) is 13.3 Å². The van der Waals surface area contributed by atoms with E-state index in [1.54, 1.807) is 7.05 Å². The number of carbonyl (C=O) groups excluding carboxylic acids is 1. The molecule has 0 atom stereocenters. The van der Waals surface area contributed by atoms with Gasteiger partial charge < -0.3 is 10.2 Å². The normalized spacial score (nSPS) is 10.7. The Morgan fingerprint density at radius 3 is 2.44 bits per heavy atom. The van der Waals surface area contributed by atoms with Crippen molar-refractivity contribution < 1.29 is 4.79 Å². The second-order valence-corrected chi connectivity index (χ2v) is 6.47. The van der Waals surface area contributed by atoms with Crippen LogP contribution in [0.5, 0.6) is 0 Å². The van der Waals surface area contributed by atoms with Gasteiger partial charge in [0.2, 0.25) is 5.91 Å². The summed E-state index contributed by atoms with van der Waals surface area (Å²) in [5.41, 5.74) is 6.35. The van der Waals surface area contributed by atoms with Crippen LogP contribution < -0.4 is 10.2 Å². The average Bonchev–Trinajstić information content (AvgIpc) is 2.62. The molecule has 0 spiro atoms. The summed E-state index contributed by atoms with van der Waals surface area (Å²) >= 11 is 0. The van der Waals surface area contributed by atoms with Crippen LogP contribution in [-0.4, -0.2) is 32.0 Å². The van der Waals surface area contributed by atoms with Crippen molar-refractivity contribution in [2.24, 2.45) is 0 Å². The molecule has 4 heteroatoms. The molecule has 1 N–H and O–H groups in total. The molecule has 3 rings (SSSR count). The number of amides is 1. The summed E-state index contributed by atoms with van der Waals surface area (Å²) in [6, 6.07) is 16.5. The fraction of sp³-hybridized carbons (Fsp3) is 0.238. The molecule has 0 saturated heterocycles. The first-order valence-corrected chi connectivity index (χ1v) is 8.36. The number of rotatable bonds is 4. The number of aromatic nitrogens is 1. The first kappa shape index (κ1) is 17.0. The van der Waals surface area contributed by atoms with Gasteiger partial charge in [-0.15, -0.1) is 0 Å². The van der Waals surface area contributed by atoms with Crippen molar-refractivity contribution in [3.63, 3.8) is 0 Å². The van der Waals surface area contributed by atoms with Crippen LogP contribution in [0.25, 0.3) is 22.2 Å². The molecule has 1 amide bonds. The zero-order valence-electron chi connectivity index (χ0n) is 15.1. The minimum absolute atomic E-state index is 0.0163. The van der Waals surface area contributed by atoms with Crippen molar-refractivity contribution in [3.05, 3.63) is 59.7 Å². The highest BCUT2D eigenvalue weighted by Gasteiger charge is 2.08. The van der Waals surface area contributed by atoms with Gasteiger partial charge in [-0.25, -0.2) is 4.98 Å². The number of anilines is 1. The second-order valence-electron chi connectivity index (χ2n) is 6.47. The number of carbonyl (C=O) groups is 1. The Morgan fingerprint density at radius 1 is 1.08 bits per heavy atom. The molecule has 0 aliphatic heterocycles. The SMILES string of the molecule is CNC(=O)Cc1ccc2nc(-c3ccc(N(C)C)cc3)cc(C)c2c1. The topological polar surface area (TPSA) is 45.2 Å². The number of hydrogen-bond donors (Lipinski definition) is 1. The maximum Gasteiger partial charge on any atom is 0.224 e. The number of nitrogens with zero attached hydrogens (tertiary/aromatic N) is 2. The van der Waals surface area contributed by atoms with E-state index in [9.17, 15) is 4.79 Å². The predicted octanol–water partition coefficient (Wildman–Crippen LogP) is 3.56. The Morgan fingerprint density at radius 2 is 1.80 bits per heavy atom. The quantitative estimate of drug-likeness (QED) is 0.794. The van der Waals surface area contributed by atoms with Crippen molar-refractivity contribution in [2.75, 3.05) is 26.0 Å². The second kappa shape index (κ2) is 6.93. The van der Waals surface area contributed by atoms with E-state index in [1.165, 1.54) is 5.69 Å². The van der Waals surface area contributed by atoms with Crippen LogP contribution in [0, 0.1) is 6.92 Å². The number of likely N-dealkylation sites (N-methyl/N-ethyl adjacent to an activating group) is 1. The third kappa shape index (κ3) is 3.63. The predicted molar refractivity (Wildman–Crippen MR) is 104 cm³/mol. The van der Waals surface area contributed by atoms with Gasteiger partial charge in [-0.1, -0.05) is 18.2 Å². The largest absolute Gasteiger partial charge is 0.378 e. The Hall–Kier alpha value is -2.88. The van der Waals surface area contributed by atoms with Crippen LogP contribution in [0.2, 0.25) is 0 Å². The lowest BCUT2D eigenvalue weighted by Gasteiger charge is -2.13. The molecule has 3 aromatic rings. The number of fused-ring (bicyclic) bond motifs is 1. The first-order chi connectivity index (χ1) is 12.0. The number of aryl methyl sites for hydroxylation is 1. The highest BCUT2D eigenvalue weighted by molar-refractivity contribution is 5.87. The van der Waals surface area contributed by atoms with Crippen molar-refractivity contribution in [1.82, 2.24) is 10.3 Å². The average molecular weight is 333 g/mol. The van der Waals surface area contributed by atoms with Crippen molar-refractivity contribution in [1.29, 1.82) is 0 Å². The fourth-order valence-electron chi connectivity index (χ4n) is 2.90. The van der Waals surface area contributed by atoms with E-state index in [1.807, 2.05) is 26.2 Å². The number of nitrogens with one attached hydrogen (secondary N) is 1. The van der Waals surface area contributed by atoms with E-state index in [2.05, 4.69) is 53.5 Å². The minimum Gasteiger partial charge on any atom is -0.378 e. The third-order valence-electron chi connectivity index (χ3n) is 4.40. The van der Waals surface area contributed by atoms with Gasteiger partial charge in [0.15, 0.2) is 0 Å². The van der Waals surface area contributed by atoms with E-state index in [0.29, 0.717) is 6.42 Å². The zero-order chi connectivity index (χ0) is 18.0. The van der Waals surface area contributed by atoms with Gasteiger partial charge in [0, 0.05) is 37.8 Å². The van der Waals surface area contributed by atoms with Gasteiger partial charge in [0.25, 0.3) is 0 Å². The molecule has 0 fully saturated rings. The molecule has 4 nitrogen and oxygen atoms in total. The smallest absolute Gasteiger partial charge is 0.224 e. The van der Waals surface area contributed by atoms with Crippen molar-refractivity contribution >= 4 is 22.5 Å². The Labute approximate surface area is 148 Å². The molecule has 0 saturated carbocycles. The zero-order valence-corrected chi connectivity index (χ0v) is 15.1. The van der Waals surface area contributed by atoms with Crippen LogP contribution in [0.1, 0.15) is 11.1 Å². The lowest BCUT2D eigenvalue weighted by atomic mass is 10.0. The third-order valence-corrected chi connectivity index (χ3v) is 4.40. The summed E-state index contributed by atoms with van der Waals surface area (Å²) in [5.74, 6) is 0.0163. The number of hydrogen-bond acceptors (Lipinski definition) is 3. The molecule has 0 unspecified atom stereocenters. The van der Waals surface area contributed by atoms with Crippen LogP contribution in [0.15, 0.2) is 48.5 Å². The van der Waals surface area contributed by atoms with Gasteiger partial charge in [0.05, 0.1) is 17.6 Å². The van der Waals surface area contributed by atoms with Crippen LogP contribution >= 0.6 is 0 Å². The van der Waals surface area contributed by atoms with Gasteiger partial charge in [0.1, 0.15) is 0 Å².